The summed E-state index contributed by atoms with van der Waals surface area (Å²) in [4.78, 5) is 65.7. The monoisotopic (exact) mass is 528 g/mol. The molecule has 18 N–H and O–H groups in total. The highest BCUT2D eigenvalue weighted by Gasteiger charge is 2.14. The largest absolute Gasteiger partial charge is 0.550 e. The third-order valence-corrected chi connectivity index (χ3v) is 4.54. The molecule has 0 radical (unpaired) electrons. The molecule has 0 fully saturated rings. The van der Waals surface area contributed by atoms with Crippen LogP contribution < -0.4 is 55.7 Å². The van der Waals surface area contributed by atoms with Crippen LogP contribution in [0.3, 0.4) is 0 Å². The number of rotatable bonds is 19. The lowest BCUT2D eigenvalue weighted by Gasteiger charge is -2.20. The maximum absolute atomic E-state index is 11.6. The molecule has 0 spiro atoms. The number of hydrogen-bond acceptors (Lipinski definition) is 10. The van der Waals surface area contributed by atoms with Crippen LogP contribution in [0.4, 0.5) is 0 Å². The van der Waals surface area contributed by atoms with Gasteiger partial charge in [0.15, 0.2) is 0 Å². The summed E-state index contributed by atoms with van der Waals surface area (Å²) in [5.41, 5.74) is 0. The zero-order valence-corrected chi connectivity index (χ0v) is 21.7. The maximum atomic E-state index is 11.6. The van der Waals surface area contributed by atoms with Gasteiger partial charge in [-0.15, -0.1) is 0 Å². The van der Waals surface area contributed by atoms with Gasteiger partial charge in [-0.2, -0.15) is 0 Å². The molecule has 0 bridgehead atoms. The fraction of sp³-hybridized carbons (Fsp3) is 0.700. The molecule has 0 unspecified atom stereocenters. The minimum absolute atomic E-state index is 0. The van der Waals surface area contributed by atoms with Crippen molar-refractivity contribution in [1.82, 2.24) is 35.2 Å². The van der Waals surface area contributed by atoms with Crippen LogP contribution in [-0.4, -0.2) is 47.8 Å². The van der Waals surface area contributed by atoms with Crippen molar-refractivity contribution in [3.05, 3.63) is 0 Å². The van der Waals surface area contributed by atoms with Crippen LogP contribution in [0.5, 0.6) is 0 Å². The number of nitrogens with one attached hydrogen (secondary N) is 2. The Balaban J connectivity index is -0.000000801. The first-order valence-corrected chi connectivity index (χ1v) is 10.4. The number of carboxylic acid groups (broad SMARTS) is 4. The van der Waals surface area contributed by atoms with Gasteiger partial charge in [0.2, 0.25) is 11.8 Å². The summed E-state index contributed by atoms with van der Waals surface area (Å²) in [6, 6.07) is -3.23. The molecule has 36 heavy (non-hydrogen) atoms. The molecule has 2 amide bonds. The number of amides is 2. The van der Waals surface area contributed by atoms with Crippen molar-refractivity contribution in [3.8, 4) is 0 Å². The first kappa shape index (κ1) is 42.8. The fourth-order valence-corrected chi connectivity index (χ4v) is 2.88. The molecule has 0 aliphatic heterocycles. The van der Waals surface area contributed by atoms with Crippen molar-refractivity contribution in [2.24, 2.45) is 0 Å². The van der Waals surface area contributed by atoms with E-state index in [9.17, 15) is 49.2 Å². The molecule has 0 rings (SSSR count). The van der Waals surface area contributed by atoms with Crippen LogP contribution in [0.25, 0.3) is 0 Å². The zero-order chi connectivity index (χ0) is 24.5. The summed E-state index contributed by atoms with van der Waals surface area (Å²) in [6.07, 6.45) is 4.38. The Morgan fingerprint density at radius 2 is 0.722 bits per heavy atom. The number of carbonyl (C=O) groups excluding carboxylic acids is 6. The summed E-state index contributed by atoms with van der Waals surface area (Å²) in [5, 5.41) is 46.6. The number of unbranched alkanes of at least 4 members (excludes halogenated alkanes) is 7. The second-order valence-corrected chi connectivity index (χ2v) is 7.36. The molecule has 16 heteroatoms. The SMILES string of the molecule is O=C([O-])C[C@H](NC(=O)CCCCCCCCCCC(=O)N[C@@H](CC(=O)[O-])C(=O)[O-])C(=O)[O-].[NH4+].[NH4+].[NH4+].[NH4+]. The Morgan fingerprint density at radius 3 is 0.944 bits per heavy atom. The third kappa shape index (κ3) is 23.8. The van der Waals surface area contributed by atoms with Crippen LogP contribution in [-0.2, 0) is 28.8 Å². The Labute approximate surface area is 209 Å². The van der Waals surface area contributed by atoms with E-state index in [1.54, 1.807) is 0 Å². The molecular formula is C20H44N6O10. The lowest BCUT2D eigenvalue weighted by molar-refractivity contribution is -0.317. The molecule has 0 aliphatic carbocycles. The first-order chi connectivity index (χ1) is 15.0. The number of aliphatic carboxylic acids is 4. The highest BCUT2D eigenvalue weighted by Crippen LogP contribution is 2.11. The van der Waals surface area contributed by atoms with Gasteiger partial charge in [-0.3, -0.25) is 9.59 Å². The van der Waals surface area contributed by atoms with Crippen molar-refractivity contribution < 1.29 is 49.2 Å². The predicted molar refractivity (Wildman–Crippen MR) is 123 cm³/mol. The fourth-order valence-electron chi connectivity index (χ4n) is 2.88. The number of quaternary nitrogens is 4. The van der Waals surface area contributed by atoms with Gasteiger partial charge in [0, 0.05) is 37.6 Å². The average molecular weight is 529 g/mol. The van der Waals surface area contributed by atoms with Crippen LogP contribution in [0.2, 0.25) is 0 Å². The molecular weight excluding hydrogens is 484 g/mol. The lowest BCUT2D eigenvalue weighted by Crippen LogP contribution is -2.50. The van der Waals surface area contributed by atoms with E-state index in [-0.39, 0.29) is 37.4 Å². The highest BCUT2D eigenvalue weighted by molar-refractivity contribution is 5.86. The zero-order valence-electron chi connectivity index (χ0n) is 21.7. The van der Waals surface area contributed by atoms with Gasteiger partial charge in [-0.05, 0) is 12.8 Å². The highest BCUT2D eigenvalue weighted by atomic mass is 16.4. The lowest BCUT2D eigenvalue weighted by atomic mass is 10.1. The molecule has 214 valence electrons. The van der Waals surface area contributed by atoms with Crippen LogP contribution in [0, 0.1) is 0 Å². The quantitative estimate of drug-likeness (QED) is 0.0930. The van der Waals surface area contributed by atoms with Gasteiger partial charge in [0.25, 0.3) is 0 Å². The van der Waals surface area contributed by atoms with E-state index in [1.807, 2.05) is 0 Å². The average Bonchev–Trinajstić information content (AvgIpc) is 2.67. The minimum Gasteiger partial charge on any atom is -0.550 e. The normalized spacial score (nSPS) is 11.0. The van der Waals surface area contributed by atoms with E-state index in [0.717, 1.165) is 38.5 Å². The maximum Gasteiger partial charge on any atom is 0.220 e. The van der Waals surface area contributed by atoms with Crippen LogP contribution in [0.15, 0.2) is 0 Å². The van der Waals surface area contributed by atoms with E-state index in [0.29, 0.717) is 12.8 Å². The van der Waals surface area contributed by atoms with Gasteiger partial charge < -0.3 is 74.8 Å². The summed E-state index contributed by atoms with van der Waals surface area (Å²) >= 11 is 0. The van der Waals surface area contributed by atoms with Crippen LogP contribution in [0.1, 0.15) is 77.0 Å². The van der Waals surface area contributed by atoms with Crippen molar-refractivity contribution >= 4 is 35.7 Å². The summed E-state index contributed by atoms with van der Waals surface area (Å²) < 4.78 is 0. The Morgan fingerprint density at radius 1 is 0.472 bits per heavy atom. The summed E-state index contributed by atoms with van der Waals surface area (Å²) in [6.45, 7) is 0. The Bertz CT molecular complexity index is 621. The standard InChI is InChI=1S/C20H32N2O10.4H3N/c23-15(21-13(19(29)30)11-17(25)26)9-7-5-3-1-2-4-6-8-10-16(24)22-14(20(31)32)12-18(27)28;;;;/h13-14H,1-12H2,(H,21,23)(H,22,24)(H,25,26)(H,27,28)(H,29,30)(H,31,32);4*1H3/t13-,14-;;;;/m0..../s1. The van der Waals surface area contributed by atoms with Gasteiger partial charge in [0.05, 0.1) is 24.0 Å². The smallest absolute Gasteiger partial charge is 0.220 e. The van der Waals surface area contributed by atoms with Crippen molar-refractivity contribution in [2.75, 3.05) is 0 Å². The van der Waals surface area contributed by atoms with Crippen LogP contribution >= 0.6 is 0 Å². The van der Waals surface area contributed by atoms with E-state index in [4.69, 9.17) is 0 Å². The van der Waals surface area contributed by atoms with E-state index < -0.39 is 60.6 Å². The molecule has 0 saturated heterocycles. The number of carbonyl (C=O) groups is 6. The van der Waals surface area contributed by atoms with E-state index in [2.05, 4.69) is 10.6 Å². The summed E-state index contributed by atoms with van der Waals surface area (Å²) in [5.74, 6) is -7.71. The van der Waals surface area contributed by atoms with Gasteiger partial charge in [-0.1, -0.05) is 38.5 Å². The van der Waals surface area contributed by atoms with Gasteiger partial charge in [-0.25, -0.2) is 0 Å². The first-order valence-electron chi connectivity index (χ1n) is 10.4. The molecule has 0 aliphatic rings. The number of hydrogen-bond donors (Lipinski definition) is 6. The topological polar surface area (TPSA) is 365 Å². The molecule has 2 atom stereocenters. The Hall–Kier alpha value is -3.34. The third-order valence-electron chi connectivity index (χ3n) is 4.54. The van der Waals surface area contributed by atoms with E-state index in [1.165, 1.54) is 0 Å². The second kappa shape index (κ2) is 24.8. The van der Waals surface area contributed by atoms with Crippen molar-refractivity contribution in [1.29, 1.82) is 0 Å². The molecule has 16 nitrogen and oxygen atoms in total. The molecule has 0 aromatic carbocycles. The molecule has 0 heterocycles. The second-order valence-electron chi connectivity index (χ2n) is 7.36. The van der Waals surface area contributed by atoms with Crippen molar-refractivity contribution in [2.45, 2.75) is 89.1 Å². The van der Waals surface area contributed by atoms with E-state index >= 15 is 0 Å². The molecule has 0 saturated carbocycles. The Kier molecular flexibility index (Phi) is 29.4. The molecule has 0 aromatic rings. The number of carboxylic acids is 4. The van der Waals surface area contributed by atoms with Gasteiger partial charge >= 0.3 is 0 Å². The minimum atomic E-state index is -1.68. The predicted octanol–water partition coefficient (Wildman–Crippen LogP) is -2.86. The summed E-state index contributed by atoms with van der Waals surface area (Å²) in [7, 11) is 0. The van der Waals surface area contributed by atoms with Crippen molar-refractivity contribution in [3.63, 3.8) is 0 Å². The van der Waals surface area contributed by atoms with Gasteiger partial charge in [0.1, 0.15) is 0 Å². The molecule has 0 aromatic heterocycles.